The summed E-state index contributed by atoms with van der Waals surface area (Å²) in [5, 5.41) is 10.5. The number of nitrogens with zero attached hydrogens (tertiary/aromatic N) is 1. The lowest BCUT2D eigenvalue weighted by Gasteiger charge is -2.43. The summed E-state index contributed by atoms with van der Waals surface area (Å²) in [7, 11) is 0. The zero-order valence-corrected chi connectivity index (χ0v) is 13.5. The lowest BCUT2D eigenvalue weighted by atomic mass is 9.89. The van der Waals surface area contributed by atoms with Gasteiger partial charge in [0.2, 0.25) is 0 Å². The molecular weight excluding hydrogens is 325 g/mol. The summed E-state index contributed by atoms with van der Waals surface area (Å²) in [6.07, 6.45) is -0.319. The van der Waals surface area contributed by atoms with Crippen molar-refractivity contribution in [2.24, 2.45) is 0 Å². The van der Waals surface area contributed by atoms with Gasteiger partial charge in [-0.3, -0.25) is 4.90 Å². The average Bonchev–Trinajstić information content (AvgIpc) is 2.42. The van der Waals surface area contributed by atoms with Gasteiger partial charge in [-0.05, 0) is 31.5 Å². The number of morpholine rings is 1. The van der Waals surface area contributed by atoms with E-state index >= 15 is 0 Å². The van der Waals surface area contributed by atoms with Crippen molar-refractivity contribution in [1.29, 1.82) is 0 Å². The monoisotopic (exact) mass is 345 g/mol. The van der Waals surface area contributed by atoms with E-state index in [0.717, 1.165) is 13.1 Å². The lowest BCUT2D eigenvalue weighted by molar-refractivity contribution is -0.0613. The molecule has 1 saturated heterocycles. The highest BCUT2D eigenvalue weighted by molar-refractivity contribution is 9.10. The van der Waals surface area contributed by atoms with Gasteiger partial charge in [-0.1, -0.05) is 22.0 Å². The highest BCUT2D eigenvalue weighted by atomic mass is 79.9. The summed E-state index contributed by atoms with van der Waals surface area (Å²) in [6.45, 7) is 6.96. The van der Waals surface area contributed by atoms with Gasteiger partial charge in [0.05, 0.1) is 19.3 Å². The summed E-state index contributed by atoms with van der Waals surface area (Å²) in [5.74, 6) is -0.281. The molecule has 112 valence electrons. The standard InChI is InChI=1S/C15H21BrFNO2/c1-15(2,18-5-7-20-8-6-18)14(19)9-11-3-4-12(16)10-13(11)17/h3-4,10,14,19H,5-9H2,1-2H3. The molecule has 0 spiro atoms. The fraction of sp³-hybridized carbons (Fsp3) is 0.600. The van der Waals surface area contributed by atoms with Crippen LogP contribution in [0, 0.1) is 5.82 Å². The van der Waals surface area contributed by atoms with Crippen molar-refractivity contribution in [3.05, 3.63) is 34.1 Å². The van der Waals surface area contributed by atoms with Crippen LogP contribution in [0.1, 0.15) is 19.4 Å². The molecule has 20 heavy (non-hydrogen) atoms. The van der Waals surface area contributed by atoms with Crippen LogP contribution in [-0.2, 0) is 11.2 Å². The van der Waals surface area contributed by atoms with Crippen LogP contribution in [0.3, 0.4) is 0 Å². The zero-order valence-electron chi connectivity index (χ0n) is 11.9. The molecule has 2 rings (SSSR count). The van der Waals surface area contributed by atoms with Gasteiger partial charge < -0.3 is 9.84 Å². The van der Waals surface area contributed by atoms with Gasteiger partial charge in [0.15, 0.2) is 0 Å². The average molecular weight is 346 g/mol. The Labute approximate surface area is 127 Å². The van der Waals surface area contributed by atoms with E-state index in [1.54, 1.807) is 12.1 Å². The highest BCUT2D eigenvalue weighted by Crippen LogP contribution is 2.25. The quantitative estimate of drug-likeness (QED) is 0.910. The van der Waals surface area contributed by atoms with Gasteiger partial charge in [0, 0.05) is 29.5 Å². The topological polar surface area (TPSA) is 32.7 Å². The Morgan fingerprint density at radius 1 is 1.40 bits per heavy atom. The van der Waals surface area contributed by atoms with Crippen molar-refractivity contribution in [3.63, 3.8) is 0 Å². The number of benzene rings is 1. The zero-order chi connectivity index (χ0) is 14.8. The Hall–Kier alpha value is -0.490. The Morgan fingerprint density at radius 3 is 2.65 bits per heavy atom. The van der Waals surface area contributed by atoms with E-state index in [2.05, 4.69) is 20.8 Å². The molecule has 1 aromatic carbocycles. The molecule has 1 fully saturated rings. The molecule has 1 unspecified atom stereocenters. The van der Waals surface area contributed by atoms with Gasteiger partial charge in [0.25, 0.3) is 0 Å². The molecule has 1 aliphatic heterocycles. The lowest BCUT2D eigenvalue weighted by Crippen LogP contribution is -2.56. The maximum Gasteiger partial charge on any atom is 0.127 e. The predicted octanol–water partition coefficient (Wildman–Crippen LogP) is 2.60. The molecule has 0 saturated carbocycles. The minimum Gasteiger partial charge on any atom is -0.391 e. The van der Waals surface area contributed by atoms with Crippen LogP contribution in [-0.4, -0.2) is 48.0 Å². The maximum absolute atomic E-state index is 13.9. The normalized spacial score (nSPS) is 19.1. The molecule has 3 nitrogen and oxygen atoms in total. The van der Waals surface area contributed by atoms with Gasteiger partial charge in [-0.2, -0.15) is 0 Å². The molecule has 0 aliphatic carbocycles. The predicted molar refractivity (Wildman–Crippen MR) is 80.3 cm³/mol. The Morgan fingerprint density at radius 2 is 2.05 bits per heavy atom. The molecule has 0 amide bonds. The Kier molecular flexibility index (Phi) is 5.18. The van der Waals surface area contributed by atoms with Crippen LogP contribution >= 0.6 is 15.9 Å². The first-order chi connectivity index (χ1) is 9.41. The number of hydrogen-bond acceptors (Lipinski definition) is 3. The number of hydrogen-bond donors (Lipinski definition) is 1. The Bertz CT molecular complexity index is 461. The Balaban J connectivity index is 2.07. The number of halogens is 2. The SMILES string of the molecule is CC(C)(C(O)Cc1ccc(Br)cc1F)N1CCOCC1. The third kappa shape index (κ3) is 3.58. The van der Waals surface area contributed by atoms with Crippen LogP contribution in [0.2, 0.25) is 0 Å². The van der Waals surface area contributed by atoms with Crippen molar-refractivity contribution >= 4 is 15.9 Å². The molecule has 1 atom stereocenters. The fourth-order valence-corrected chi connectivity index (χ4v) is 2.83. The first-order valence-corrected chi connectivity index (χ1v) is 7.65. The third-order valence-electron chi connectivity index (χ3n) is 4.07. The minimum absolute atomic E-state index is 0.281. The summed E-state index contributed by atoms with van der Waals surface area (Å²) in [5.41, 5.74) is 0.144. The molecule has 0 bridgehead atoms. The number of aliphatic hydroxyl groups is 1. The van der Waals surface area contributed by atoms with Crippen molar-refractivity contribution in [3.8, 4) is 0 Å². The largest absolute Gasteiger partial charge is 0.391 e. The molecule has 1 aliphatic rings. The summed E-state index contributed by atoms with van der Waals surface area (Å²) in [6, 6.07) is 4.95. The van der Waals surface area contributed by atoms with Crippen LogP contribution < -0.4 is 0 Å². The van der Waals surface area contributed by atoms with Gasteiger partial charge >= 0.3 is 0 Å². The second-order valence-electron chi connectivity index (χ2n) is 5.71. The van der Waals surface area contributed by atoms with E-state index in [4.69, 9.17) is 4.74 Å². The molecule has 0 aromatic heterocycles. The molecule has 0 radical (unpaired) electrons. The number of rotatable bonds is 4. The fourth-order valence-electron chi connectivity index (χ4n) is 2.50. The molecule has 1 heterocycles. The van der Waals surface area contributed by atoms with Crippen molar-refractivity contribution in [2.75, 3.05) is 26.3 Å². The van der Waals surface area contributed by atoms with Crippen LogP contribution in [0.25, 0.3) is 0 Å². The van der Waals surface area contributed by atoms with Gasteiger partial charge in [-0.15, -0.1) is 0 Å². The van der Waals surface area contributed by atoms with Gasteiger partial charge in [0.1, 0.15) is 5.82 Å². The van der Waals surface area contributed by atoms with E-state index in [1.165, 1.54) is 6.07 Å². The second kappa shape index (κ2) is 6.52. The minimum atomic E-state index is -0.628. The van der Waals surface area contributed by atoms with E-state index in [0.29, 0.717) is 29.7 Å². The highest BCUT2D eigenvalue weighted by Gasteiger charge is 2.35. The summed E-state index contributed by atoms with van der Waals surface area (Å²) >= 11 is 3.24. The van der Waals surface area contributed by atoms with E-state index < -0.39 is 11.6 Å². The number of aliphatic hydroxyl groups excluding tert-OH is 1. The van der Waals surface area contributed by atoms with E-state index in [1.807, 2.05) is 13.8 Å². The van der Waals surface area contributed by atoms with E-state index in [9.17, 15) is 9.50 Å². The van der Waals surface area contributed by atoms with Crippen molar-refractivity contribution < 1.29 is 14.2 Å². The molecule has 1 N–H and O–H groups in total. The molecule has 1 aromatic rings. The molecule has 5 heteroatoms. The number of ether oxygens (including phenoxy) is 1. The smallest absolute Gasteiger partial charge is 0.127 e. The van der Waals surface area contributed by atoms with E-state index in [-0.39, 0.29) is 5.82 Å². The van der Waals surface area contributed by atoms with Crippen LogP contribution in [0.15, 0.2) is 22.7 Å². The molecular formula is C15H21BrFNO2. The van der Waals surface area contributed by atoms with Crippen LogP contribution in [0.4, 0.5) is 4.39 Å². The van der Waals surface area contributed by atoms with Crippen molar-refractivity contribution in [1.82, 2.24) is 4.90 Å². The van der Waals surface area contributed by atoms with Crippen LogP contribution in [0.5, 0.6) is 0 Å². The maximum atomic E-state index is 13.9. The van der Waals surface area contributed by atoms with Crippen molar-refractivity contribution in [2.45, 2.75) is 31.9 Å². The first-order valence-electron chi connectivity index (χ1n) is 6.86. The van der Waals surface area contributed by atoms with Gasteiger partial charge in [-0.25, -0.2) is 4.39 Å². The first kappa shape index (κ1) is 15.9. The summed E-state index contributed by atoms with van der Waals surface area (Å²) in [4.78, 5) is 2.21. The second-order valence-corrected chi connectivity index (χ2v) is 6.62. The summed E-state index contributed by atoms with van der Waals surface area (Å²) < 4.78 is 19.9. The third-order valence-corrected chi connectivity index (χ3v) is 4.56.